The number of halogens is 1. The number of aryl methyl sites for hydroxylation is 2. The average molecular weight is 257 g/mol. The van der Waals surface area contributed by atoms with Crippen LogP contribution >= 0.6 is 0 Å². The Balaban J connectivity index is 2.04. The summed E-state index contributed by atoms with van der Waals surface area (Å²) >= 11 is 0. The molecule has 0 saturated heterocycles. The third-order valence-corrected chi connectivity index (χ3v) is 3.60. The van der Waals surface area contributed by atoms with Crippen LogP contribution in [0.3, 0.4) is 0 Å². The molecule has 0 fully saturated rings. The summed E-state index contributed by atoms with van der Waals surface area (Å²) in [5.41, 5.74) is 5.06. The van der Waals surface area contributed by atoms with Gasteiger partial charge in [-0.1, -0.05) is 30.3 Å². The van der Waals surface area contributed by atoms with Gasteiger partial charge in [0.2, 0.25) is 0 Å². The maximum absolute atomic E-state index is 12.9. The summed E-state index contributed by atoms with van der Waals surface area (Å²) in [7, 11) is 0. The fourth-order valence-corrected chi connectivity index (χ4v) is 2.25. The SMILES string of the molecule is Cc1cccc(C)c1CNC(C)c1ccc(F)cc1. The van der Waals surface area contributed by atoms with Crippen LogP contribution in [0.2, 0.25) is 0 Å². The van der Waals surface area contributed by atoms with Crippen LogP contribution in [-0.2, 0) is 6.54 Å². The predicted octanol–water partition coefficient (Wildman–Crippen LogP) is 4.29. The molecule has 0 amide bonds. The molecule has 0 aliphatic rings. The second-order valence-corrected chi connectivity index (χ2v) is 5.02. The van der Waals surface area contributed by atoms with Crippen molar-refractivity contribution >= 4 is 0 Å². The topological polar surface area (TPSA) is 12.0 Å². The highest BCUT2D eigenvalue weighted by molar-refractivity contribution is 5.33. The summed E-state index contributed by atoms with van der Waals surface area (Å²) in [6.07, 6.45) is 0. The zero-order valence-electron chi connectivity index (χ0n) is 11.7. The Kier molecular flexibility index (Phi) is 4.33. The summed E-state index contributed by atoms with van der Waals surface area (Å²) in [4.78, 5) is 0. The molecule has 0 saturated carbocycles. The zero-order chi connectivity index (χ0) is 13.8. The van der Waals surface area contributed by atoms with Gasteiger partial charge in [-0.05, 0) is 55.2 Å². The van der Waals surface area contributed by atoms with Crippen molar-refractivity contribution in [3.8, 4) is 0 Å². The first-order chi connectivity index (χ1) is 9.08. The van der Waals surface area contributed by atoms with Crippen molar-refractivity contribution < 1.29 is 4.39 Å². The summed E-state index contributed by atoms with van der Waals surface area (Å²) in [5.74, 6) is -0.189. The highest BCUT2D eigenvalue weighted by atomic mass is 19.1. The molecule has 1 unspecified atom stereocenters. The number of rotatable bonds is 4. The van der Waals surface area contributed by atoms with Gasteiger partial charge in [0.15, 0.2) is 0 Å². The Morgan fingerprint density at radius 3 is 2.16 bits per heavy atom. The van der Waals surface area contributed by atoms with Crippen LogP contribution in [0.15, 0.2) is 42.5 Å². The minimum absolute atomic E-state index is 0.189. The lowest BCUT2D eigenvalue weighted by molar-refractivity contribution is 0.568. The van der Waals surface area contributed by atoms with E-state index in [1.54, 1.807) is 0 Å². The van der Waals surface area contributed by atoms with Gasteiger partial charge in [0.1, 0.15) is 5.82 Å². The standard InChI is InChI=1S/C17H20FN/c1-12-5-4-6-13(2)17(12)11-19-14(3)15-7-9-16(18)10-8-15/h4-10,14,19H,11H2,1-3H3. The molecule has 0 heterocycles. The van der Waals surface area contributed by atoms with Crippen molar-refractivity contribution in [1.29, 1.82) is 0 Å². The first kappa shape index (κ1) is 13.8. The van der Waals surface area contributed by atoms with Crippen molar-refractivity contribution in [1.82, 2.24) is 5.32 Å². The molecule has 0 spiro atoms. The first-order valence-electron chi connectivity index (χ1n) is 6.62. The predicted molar refractivity (Wildman–Crippen MR) is 77.6 cm³/mol. The molecule has 2 heteroatoms. The quantitative estimate of drug-likeness (QED) is 0.861. The molecule has 19 heavy (non-hydrogen) atoms. The van der Waals surface area contributed by atoms with Crippen molar-refractivity contribution in [2.45, 2.75) is 33.4 Å². The van der Waals surface area contributed by atoms with E-state index in [9.17, 15) is 4.39 Å². The maximum atomic E-state index is 12.9. The molecule has 100 valence electrons. The van der Waals surface area contributed by atoms with E-state index < -0.39 is 0 Å². The van der Waals surface area contributed by atoms with E-state index in [2.05, 4.69) is 44.3 Å². The summed E-state index contributed by atoms with van der Waals surface area (Å²) < 4.78 is 12.9. The second kappa shape index (κ2) is 5.98. The molecule has 2 rings (SSSR count). The van der Waals surface area contributed by atoms with Crippen LogP contribution in [0, 0.1) is 19.7 Å². The van der Waals surface area contributed by atoms with Gasteiger partial charge in [-0.25, -0.2) is 4.39 Å². The van der Waals surface area contributed by atoms with Gasteiger partial charge in [-0.3, -0.25) is 0 Å². The maximum Gasteiger partial charge on any atom is 0.123 e. The molecular formula is C17H20FN. The molecule has 0 aliphatic carbocycles. The average Bonchev–Trinajstić information content (AvgIpc) is 2.38. The smallest absolute Gasteiger partial charge is 0.123 e. The molecule has 0 radical (unpaired) electrons. The van der Waals surface area contributed by atoms with Crippen molar-refractivity contribution in [3.63, 3.8) is 0 Å². The van der Waals surface area contributed by atoms with E-state index in [0.717, 1.165) is 12.1 Å². The molecule has 1 nitrogen and oxygen atoms in total. The highest BCUT2D eigenvalue weighted by Crippen LogP contribution is 2.17. The number of nitrogens with one attached hydrogen (secondary N) is 1. The third-order valence-electron chi connectivity index (χ3n) is 3.60. The lowest BCUT2D eigenvalue weighted by atomic mass is 10.0. The largest absolute Gasteiger partial charge is 0.306 e. The molecular weight excluding hydrogens is 237 g/mol. The Morgan fingerprint density at radius 2 is 1.58 bits per heavy atom. The van der Waals surface area contributed by atoms with E-state index >= 15 is 0 Å². The monoisotopic (exact) mass is 257 g/mol. The minimum Gasteiger partial charge on any atom is -0.306 e. The van der Waals surface area contributed by atoms with Gasteiger partial charge in [0.25, 0.3) is 0 Å². The second-order valence-electron chi connectivity index (χ2n) is 5.02. The fraction of sp³-hybridized carbons (Fsp3) is 0.294. The third kappa shape index (κ3) is 3.42. The molecule has 1 atom stereocenters. The van der Waals surface area contributed by atoms with E-state index in [0.29, 0.717) is 0 Å². The Labute approximate surface area is 114 Å². The van der Waals surface area contributed by atoms with Crippen LogP contribution in [0.1, 0.15) is 35.2 Å². The normalized spacial score (nSPS) is 12.4. The van der Waals surface area contributed by atoms with E-state index in [1.165, 1.54) is 28.8 Å². The molecule has 0 bridgehead atoms. The van der Waals surface area contributed by atoms with Gasteiger partial charge < -0.3 is 5.32 Å². The number of hydrogen-bond acceptors (Lipinski definition) is 1. The van der Waals surface area contributed by atoms with Crippen LogP contribution in [-0.4, -0.2) is 0 Å². The molecule has 1 N–H and O–H groups in total. The van der Waals surface area contributed by atoms with Crippen molar-refractivity contribution in [2.75, 3.05) is 0 Å². The minimum atomic E-state index is -0.189. The Hall–Kier alpha value is -1.67. The Bertz CT molecular complexity index is 525. The molecule has 0 aliphatic heterocycles. The zero-order valence-corrected chi connectivity index (χ0v) is 11.7. The summed E-state index contributed by atoms with van der Waals surface area (Å²) in [6.45, 7) is 7.19. The van der Waals surface area contributed by atoms with Gasteiger partial charge in [0.05, 0.1) is 0 Å². The van der Waals surface area contributed by atoms with Gasteiger partial charge in [0, 0.05) is 12.6 Å². The van der Waals surface area contributed by atoms with Gasteiger partial charge >= 0.3 is 0 Å². The van der Waals surface area contributed by atoms with Crippen molar-refractivity contribution in [3.05, 3.63) is 70.5 Å². The summed E-state index contributed by atoms with van der Waals surface area (Å²) in [5, 5.41) is 3.49. The van der Waals surface area contributed by atoms with E-state index in [4.69, 9.17) is 0 Å². The summed E-state index contributed by atoms with van der Waals surface area (Å²) in [6, 6.07) is 13.2. The van der Waals surface area contributed by atoms with Crippen LogP contribution < -0.4 is 5.32 Å². The van der Waals surface area contributed by atoms with Crippen molar-refractivity contribution in [2.24, 2.45) is 0 Å². The van der Waals surface area contributed by atoms with E-state index in [-0.39, 0.29) is 11.9 Å². The number of benzene rings is 2. The van der Waals surface area contributed by atoms with E-state index in [1.807, 2.05) is 12.1 Å². The van der Waals surface area contributed by atoms with Crippen LogP contribution in [0.4, 0.5) is 4.39 Å². The first-order valence-corrected chi connectivity index (χ1v) is 6.62. The molecule has 2 aromatic rings. The molecule has 0 aromatic heterocycles. The van der Waals surface area contributed by atoms with Crippen LogP contribution in [0.25, 0.3) is 0 Å². The highest BCUT2D eigenvalue weighted by Gasteiger charge is 2.07. The van der Waals surface area contributed by atoms with Gasteiger partial charge in [-0.15, -0.1) is 0 Å². The lowest BCUT2D eigenvalue weighted by Crippen LogP contribution is -2.19. The lowest BCUT2D eigenvalue weighted by Gasteiger charge is -2.17. The fourth-order valence-electron chi connectivity index (χ4n) is 2.25. The van der Waals surface area contributed by atoms with Crippen LogP contribution in [0.5, 0.6) is 0 Å². The number of hydrogen-bond donors (Lipinski definition) is 1. The van der Waals surface area contributed by atoms with Gasteiger partial charge in [-0.2, -0.15) is 0 Å². The molecule has 2 aromatic carbocycles. The Morgan fingerprint density at radius 1 is 1.00 bits per heavy atom.